The van der Waals surface area contributed by atoms with Gasteiger partial charge < -0.3 is 10.5 Å². The highest BCUT2D eigenvalue weighted by Crippen LogP contribution is 2.18. The monoisotopic (exact) mass is 228 g/mol. The molecule has 0 spiro atoms. The van der Waals surface area contributed by atoms with Gasteiger partial charge in [-0.05, 0) is 12.5 Å². The van der Waals surface area contributed by atoms with E-state index in [1.807, 2.05) is 6.92 Å². The van der Waals surface area contributed by atoms with Crippen LogP contribution in [0.5, 0.6) is 0 Å². The number of hydrogen-bond donors (Lipinski definition) is 1. The first-order valence-electron chi connectivity index (χ1n) is 4.58. The molecule has 1 rings (SSSR count). The second-order valence-electron chi connectivity index (χ2n) is 3.08. The maximum Gasteiger partial charge on any atom is 0.195 e. The molecule has 1 unspecified atom stereocenters. The molecule has 4 nitrogen and oxygen atoms in total. The van der Waals surface area contributed by atoms with Crippen LogP contribution in [0.2, 0.25) is 5.02 Å². The number of ether oxygens (including phenoxy) is 1. The topological polar surface area (TPSA) is 65.2 Å². The van der Waals surface area contributed by atoms with Crippen LogP contribution < -0.4 is 5.73 Å². The predicted molar refractivity (Wildman–Crippen MR) is 59.1 cm³/mol. The van der Waals surface area contributed by atoms with Crippen LogP contribution >= 0.6 is 11.6 Å². The van der Waals surface area contributed by atoms with Crippen molar-refractivity contribution in [3.63, 3.8) is 0 Å². The van der Waals surface area contributed by atoms with Gasteiger partial charge in [0, 0.05) is 13.3 Å². The number of carbonyl (C=O) groups excluding carboxylic acids is 1. The molecule has 1 heterocycles. The van der Waals surface area contributed by atoms with Crippen molar-refractivity contribution in [2.75, 3.05) is 12.8 Å². The number of nitrogens with zero attached hydrogens (tertiary/aromatic N) is 1. The number of halogens is 1. The minimum Gasteiger partial charge on any atom is -0.383 e. The van der Waals surface area contributed by atoms with Crippen molar-refractivity contribution in [3.8, 4) is 0 Å². The lowest BCUT2D eigenvalue weighted by Gasteiger charge is -2.12. The highest BCUT2D eigenvalue weighted by Gasteiger charge is 2.20. The highest BCUT2D eigenvalue weighted by molar-refractivity contribution is 6.31. The number of Topliss-reactive ketones (excluding diaryl/α,β-unsaturated/α-hetero) is 1. The number of aromatic nitrogens is 1. The SMILES string of the molecule is CCC(OC)C(=O)c1cc(Cl)cnc1N. The molecular weight excluding hydrogens is 216 g/mol. The Morgan fingerprint density at radius 3 is 2.93 bits per heavy atom. The third kappa shape index (κ3) is 2.67. The van der Waals surface area contributed by atoms with Gasteiger partial charge in [-0.25, -0.2) is 4.98 Å². The van der Waals surface area contributed by atoms with Crippen LogP contribution in [0.1, 0.15) is 23.7 Å². The second kappa shape index (κ2) is 5.09. The van der Waals surface area contributed by atoms with Crippen molar-refractivity contribution in [2.24, 2.45) is 0 Å². The molecule has 1 atom stereocenters. The Hall–Kier alpha value is -1.13. The molecule has 0 amide bonds. The summed E-state index contributed by atoms with van der Waals surface area (Å²) in [5.74, 6) is -0.00704. The molecule has 0 aliphatic rings. The van der Waals surface area contributed by atoms with Crippen molar-refractivity contribution in [3.05, 3.63) is 22.8 Å². The van der Waals surface area contributed by atoms with E-state index in [1.165, 1.54) is 19.4 Å². The minimum absolute atomic E-state index is 0.180. The molecule has 0 aliphatic heterocycles. The van der Waals surface area contributed by atoms with Crippen LogP contribution in [-0.2, 0) is 4.74 Å². The third-order valence-corrected chi connectivity index (χ3v) is 2.31. The number of rotatable bonds is 4. The minimum atomic E-state index is -0.493. The summed E-state index contributed by atoms with van der Waals surface area (Å²) in [5.41, 5.74) is 5.91. The van der Waals surface area contributed by atoms with Crippen LogP contribution in [-0.4, -0.2) is 24.0 Å². The van der Waals surface area contributed by atoms with Gasteiger partial charge in [-0.15, -0.1) is 0 Å². The fourth-order valence-electron chi connectivity index (χ4n) is 1.28. The highest BCUT2D eigenvalue weighted by atomic mass is 35.5. The summed E-state index contributed by atoms with van der Waals surface area (Å²) in [5, 5.41) is 0.388. The van der Waals surface area contributed by atoms with Crippen LogP contribution in [0.4, 0.5) is 5.82 Å². The summed E-state index contributed by atoms with van der Waals surface area (Å²) >= 11 is 5.74. The van der Waals surface area contributed by atoms with Gasteiger partial charge in [-0.2, -0.15) is 0 Å². The molecule has 82 valence electrons. The second-order valence-corrected chi connectivity index (χ2v) is 3.52. The number of pyridine rings is 1. The first-order chi connectivity index (χ1) is 7.10. The largest absolute Gasteiger partial charge is 0.383 e. The zero-order chi connectivity index (χ0) is 11.4. The summed E-state index contributed by atoms with van der Waals surface area (Å²) < 4.78 is 5.03. The molecule has 1 aromatic rings. The maximum atomic E-state index is 11.9. The average Bonchev–Trinajstić information content (AvgIpc) is 2.23. The smallest absolute Gasteiger partial charge is 0.195 e. The fraction of sp³-hybridized carbons (Fsp3) is 0.400. The van der Waals surface area contributed by atoms with E-state index in [-0.39, 0.29) is 11.6 Å². The van der Waals surface area contributed by atoms with Crippen molar-refractivity contribution >= 4 is 23.2 Å². The standard InChI is InChI=1S/C10H13ClN2O2/c1-3-8(15-2)9(14)7-4-6(11)5-13-10(7)12/h4-5,8H,3H2,1-2H3,(H2,12,13). The zero-order valence-corrected chi connectivity index (χ0v) is 9.41. The lowest BCUT2D eigenvalue weighted by atomic mass is 10.1. The van der Waals surface area contributed by atoms with E-state index in [0.717, 1.165) is 0 Å². The average molecular weight is 229 g/mol. The van der Waals surface area contributed by atoms with E-state index < -0.39 is 6.10 Å². The Labute approximate surface area is 93.4 Å². The van der Waals surface area contributed by atoms with Gasteiger partial charge in [0.2, 0.25) is 0 Å². The predicted octanol–water partition coefficient (Wildman–Crippen LogP) is 1.92. The van der Waals surface area contributed by atoms with Crippen LogP contribution in [0.25, 0.3) is 0 Å². The molecule has 0 aromatic carbocycles. The first-order valence-corrected chi connectivity index (χ1v) is 4.96. The molecule has 0 aliphatic carbocycles. The summed E-state index contributed by atoms with van der Waals surface area (Å²) in [6.45, 7) is 1.86. The first kappa shape index (κ1) is 11.9. The number of hydrogen-bond acceptors (Lipinski definition) is 4. The quantitative estimate of drug-likeness (QED) is 0.800. The molecule has 0 saturated carbocycles. The summed E-state index contributed by atoms with van der Waals surface area (Å²) in [6.07, 6.45) is 1.50. The van der Waals surface area contributed by atoms with Gasteiger partial charge in [0.15, 0.2) is 5.78 Å². The van der Waals surface area contributed by atoms with Crippen molar-refractivity contribution in [2.45, 2.75) is 19.4 Å². The molecule has 15 heavy (non-hydrogen) atoms. The van der Waals surface area contributed by atoms with E-state index in [4.69, 9.17) is 22.1 Å². The van der Waals surface area contributed by atoms with Gasteiger partial charge in [0.25, 0.3) is 0 Å². The van der Waals surface area contributed by atoms with E-state index in [1.54, 1.807) is 0 Å². The molecule has 5 heteroatoms. The molecule has 0 radical (unpaired) electrons. The lowest BCUT2D eigenvalue weighted by molar-refractivity contribution is 0.0596. The Morgan fingerprint density at radius 1 is 1.73 bits per heavy atom. The molecule has 0 bridgehead atoms. The number of nitrogens with two attached hydrogens (primary N) is 1. The Morgan fingerprint density at radius 2 is 2.40 bits per heavy atom. The Kier molecular flexibility index (Phi) is 4.05. The number of ketones is 1. The number of anilines is 1. The van der Waals surface area contributed by atoms with Crippen LogP contribution in [0.15, 0.2) is 12.3 Å². The fourth-order valence-corrected chi connectivity index (χ4v) is 1.44. The maximum absolute atomic E-state index is 11.9. The molecule has 0 fully saturated rings. The van der Waals surface area contributed by atoms with E-state index in [2.05, 4.69) is 4.98 Å². The normalized spacial score (nSPS) is 12.5. The van der Waals surface area contributed by atoms with E-state index in [9.17, 15) is 4.79 Å². The van der Waals surface area contributed by atoms with Crippen LogP contribution in [0, 0.1) is 0 Å². The van der Waals surface area contributed by atoms with E-state index >= 15 is 0 Å². The van der Waals surface area contributed by atoms with Gasteiger partial charge in [0.1, 0.15) is 11.9 Å². The number of nitrogen functional groups attached to an aromatic ring is 1. The van der Waals surface area contributed by atoms with Gasteiger partial charge in [0.05, 0.1) is 10.6 Å². The molecule has 0 saturated heterocycles. The summed E-state index contributed by atoms with van der Waals surface area (Å²) in [7, 11) is 1.49. The summed E-state index contributed by atoms with van der Waals surface area (Å²) in [6, 6.07) is 1.51. The molecule has 2 N–H and O–H groups in total. The lowest BCUT2D eigenvalue weighted by Crippen LogP contribution is -2.23. The van der Waals surface area contributed by atoms with Crippen molar-refractivity contribution in [1.82, 2.24) is 4.98 Å². The summed E-state index contributed by atoms with van der Waals surface area (Å²) in [4.78, 5) is 15.7. The van der Waals surface area contributed by atoms with Crippen molar-refractivity contribution in [1.29, 1.82) is 0 Å². The van der Waals surface area contributed by atoms with E-state index in [0.29, 0.717) is 17.0 Å². The Balaban J connectivity index is 3.04. The van der Waals surface area contributed by atoms with Gasteiger partial charge in [-0.1, -0.05) is 18.5 Å². The van der Waals surface area contributed by atoms with Crippen LogP contribution in [0.3, 0.4) is 0 Å². The Bertz CT molecular complexity index is 364. The zero-order valence-electron chi connectivity index (χ0n) is 8.66. The van der Waals surface area contributed by atoms with Gasteiger partial charge in [-0.3, -0.25) is 4.79 Å². The molecular formula is C10H13ClN2O2. The van der Waals surface area contributed by atoms with Gasteiger partial charge >= 0.3 is 0 Å². The molecule has 1 aromatic heterocycles. The number of methoxy groups -OCH3 is 1. The number of carbonyl (C=O) groups is 1. The van der Waals surface area contributed by atoms with Crippen molar-refractivity contribution < 1.29 is 9.53 Å². The third-order valence-electron chi connectivity index (χ3n) is 2.10.